The van der Waals surface area contributed by atoms with Crippen molar-refractivity contribution in [3.63, 3.8) is 0 Å². The van der Waals surface area contributed by atoms with Gasteiger partial charge in [0.1, 0.15) is 0 Å². The Morgan fingerprint density at radius 2 is 1.96 bits per heavy atom. The van der Waals surface area contributed by atoms with Gasteiger partial charge in [0.25, 0.3) is 0 Å². The van der Waals surface area contributed by atoms with Gasteiger partial charge >= 0.3 is 0 Å². The molecule has 1 rings (SSSR count). The minimum atomic E-state index is 0. The number of aryl methyl sites for hydroxylation is 1. The zero-order chi connectivity index (χ0) is 19.2. The summed E-state index contributed by atoms with van der Waals surface area (Å²) in [5.74, 6) is 0.859. The van der Waals surface area contributed by atoms with Gasteiger partial charge in [-0.3, -0.25) is 9.79 Å². The summed E-state index contributed by atoms with van der Waals surface area (Å²) in [6, 6.07) is 5.68. The maximum absolute atomic E-state index is 11.6. The number of nitrogens with one attached hydrogen (secondary N) is 2. The Kier molecular flexibility index (Phi) is 15.3. The molecule has 0 radical (unpaired) electrons. The molecule has 0 aliphatic heterocycles. The standard InChI is InChI=1S/C20H37N5O.HI/c1-5-24(6-2)15-11-12-18(3)23-20(21-4)22-14-8-10-17-25-16-9-7-13-19(25)26;/h7,9,13,16,18H,5-6,8,10-12,14-15,17H2,1-4H3,(H2,21,22,23);1H. The second-order valence-electron chi connectivity index (χ2n) is 6.65. The van der Waals surface area contributed by atoms with E-state index in [1.54, 1.807) is 16.7 Å². The Balaban J connectivity index is 0.00000676. The second-order valence-corrected chi connectivity index (χ2v) is 6.65. The van der Waals surface area contributed by atoms with Crippen molar-refractivity contribution in [1.29, 1.82) is 0 Å². The number of hydrogen-bond donors (Lipinski definition) is 2. The highest BCUT2D eigenvalue weighted by Crippen LogP contribution is 2.00. The van der Waals surface area contributed by atoms with Gasteiger partial charge in [-0.25, -0.2) is 0 Å². The fraction of sp³-hybridized carbons (Fsp3) is 0.700. The molecule has 0 saturated heterocycles. The molecule has 156 valence electrons. The van der Waals surface area contributed by atoms with Crippen molar-refractivity contribution in [2.45, 2.75) is 59.0 Å². The topological polar surface area (TPSA) is 61.7 Å². The van der Waals surface area contributed by atoms with Gasteiger partial charge in [0.05, 0.1) is 0 Å². The molecule has 0 spiro atoms. The number of halogens is 1. The number of hydrogen-bond acceptors (Lipinski definition) is 3. The predicted molar refractivity (Wildman–Crippen MR) is 126 cm³/mol. The molecule has 0 amide bonds. The van der Waals surface area contributed by atoms with Gasteiger partial charge in [0.15, 0.2) is 5.96 Å². The fourth-order valence-electron chi connectivity index (χ4n) is 2.92. The maximum atomic E-state index is 11.6. The quantitative estimate of drug-likeness (QED) is 0.204. The molecule has 0 bridgehead atoms. The van der Waals surface area contributed by atoms with Crippen molar-refractivity contribution >= 4 is 29.9 Å². The first kappa shape index (κ1) is 25.9. The van der Waals surface area contributed by atoms with E-state index < -0.39 is 0 Å². The van der Waals surface area contributed by atoms with Crippen molar-refractivity contribution in [1.82, 2.24) is 20.1 Å². The summed E-state index contributed by atoms with van der Waals surface area (Å²) in [6.07, 6.45) is 6.13. The van der Waals surface area contributed by atoms with Crippen molar-refractivity contribution in [2.24, 2.45) is 4.99 Å². The Morgan fingerprint density at radius 1 is 1.22 bits per heavy atom. The van der Waals surface area contributed by atoms with Crippen LogP contribution < -0.4 is 16.2 Å². The third-order valence-electron chi connectivity index (χ3n) is 4.63. The first-order valence-corrected chi connectivity index (χ1v) is 9.95. The number of nitrogens with zero attached hydrogens (tertiary/aromatic N) is 3. The van der Waals surface area contributed by atoms with Gasteiger partial charge in [-0.1, -0.05) is 19.9 Å². The molecule has 1 heterocycles. The summed E-state index contributed by atoms with van der Waals surface area (Å²) < 4.78 is 1.75. The monoisotopic (exact) mass is 491 g/mol. The molecule has 27 heavy (non-hydrogen) atoms. The Bertz CT molecular complexity index is 571. The lowest BCUT2D eigenvalue weighted by Crippen LogP contribution is -2.42. The van der Waals surface area contributed by atoms with E-state index in [9.17, 15) is 4.79 Å². The molecule has 1 unspecified atom stereocenters. The molecule has 0 saturated carbocycles. The molecule has 1 aromatic rings. The van der Waals surface area contributed by atoms with Gasteiger partial charge in [0.2, 0.25) is 5.56 Å². The van der Waals surface area contributed by atoms with Crippen LogP contribution in [0.2, 0.25) is 0 Å². The number of unbranched alkanes of at least 4 members (excludes halogenated alkanes) is 1. The van der Waals surface area contributed by atoms with Crippen LogP contribution in [-0.2, 0) is 6.54 Å². The van der Waals surface area contributed by atoms with E-state index in [4.69, 9.17) is 0 Å². The van der Waals surface area contributed by atoms with Crippen LogP contribution in [0.15, 0.2) is 34.2 Å². The zero-order valence-electron chi connectivity index (χ0n) is 17.4. The van der Waals surface area contributed by atoms with Gasteiger partial charge in [0, 0.05) is 38.4 Å². The lowest BCUT2D eigenvalue weighted by atomic mass is 10.2. The molecule has 0 aliphatic rings. The van der Waals surface area contributed by atoms with Crippen LogP contribution in [0.25, 0.3) is 0 Å². The molecule has 1 atom stereocenters. The van der Waals surface area contributed by atoms with Crippen LogP contribution in [0.5, 0.6) is 0 Å². The van der Waals surface area contributed by atoms with Crippen molar-refractivity contribution in [3.8, 4) is 0 Å². The predicted octanol–water partition coefficient (Wildman–Crippen LogP) is 2.92. The van der Waals surface area contributed by atoms with E-state index in [1.165, 1.54) is 6.42 Å². The molecule has 1 aromatic heterocycles. The second kappa shape index (κ2) is 15.9. The Morgan fingerprint density at radius 3 is 2.59 bits per heavy atom. The van der Waals surface area contributed by atoms with E-state index in [0.717, 1.165) is 57.9 Å². The van der Waals surface area contributed by atoms with Crippen LogP contribution in [0.4, 0.5) is 0 Å². The smallest absolute Gasteiger partial charge is 0.250 e. The molecular weight excluding hydrogens is 453 g/mol. The molecule has 6 nitrogen and oxygen atoms in total. The lowest BCUT2D eigenvalue weighted by Gasteiger charge is -2.21. The number of guanidine groups is 1. The average Bonchev–Trinajstić information content (AvgIpc) is 2.65. The Hall–Kier alpha value is -1.09. The SMILES string of the molecule is CCN(CC)CCCC(C)NC(=NC)NCCCCn1ccccc1=O.I. The minimum absolute atomic E-state index is 0. The summed E-state index contributed by atoms with van der Waals surface area (Å²) >= 11 is 0. The molecule has 7 heteroatoms. The van der Waals surface area contributed by atoms with E-state index >= 15 is 0 Å². The van der Waals surface area contributed by atoms with Crippen LogP contribution >= 0.6 is 24.0 Å². The molecule has 0 aromatic carbocycles. The van der Waals surface area contributed by atoms with E-state index in [-0.39, 0.29) is 29.5 Å². The third-order valence-corrected chi connectivity index (χ3v) is 4.63. The normalized spacial score (nSPS) is 12.6. The summed E-state index contributed by atoms with van der Waals surface area (Å²) in [7, 11) is 1.81. The third kappa shape index (κ3) is 11.4. The minimum Gasteiger partial charge on any atom is -0.356 e. The number of rotatable bonds is 12. The van der Waals surface area contributed by atoms with Gasteiger partial charge in [-0.15, -0.1) is 24.0 Å². The summed E-state index contributed by atoms with van der Waals surface area (Å²) in [4.78, 5) is 18.4. The summed E-state index contributed by atoms with van der Waals surface area (Å²) in [5, 5.41) is 6.82. The summed E-state index contributed by atoms with van der Waals surface area (Å²) in [5.41, 5.74) is 0.0662. The molecule has 0 aliphatic carbocycles. The highest BCUT2D eigenvalue weighted by Gasteiger charge is 2.06. The molecule has 0 fully saturated rings. The molecular formula is C20H38IN5O. The first-order chi connectivity index (χ1) is 12.6. The highest BCUT2D eigenvalue weighted by molar-refractivity contribution is 14.0. The van der Waals surface area contributed by atoms with Crippen LogP contribution in [-0.4, -0.2) is 54.7 Å². The number of aromatic nitrogens is 1. The van der Waals surface area contributed by atoms with Crippen molar-refractivity contribution in [3.05, 3.63) is 34.7 Å². The van der Waals surface area contributed by atoms with Crippen LogP contribution in [0.1, 0.15) is 46.5 Å². The van der Waals surface area contributed by atoms with E-state index in [0.29, 0.717) is 6.04 Å². The van der Waals surface area contributed by atoms with Gasteiger partial charge < -0.3 is 20.1 Å². The fourth-order valence-corrected chi connectivity index (χ4v) is 2.92. The maximum Gasteiger partial charge on any atom is 0.250 e. The van der Waals surface area contributed by atoms with Gasteiger partial charge in [-0.2, -0.15) is 0 Å². The zero-order valence-corrected chi connectivity index (χ0v) is 19.7. The molecule has 2 N–H and O–H groups in total. The van der Waals surface area contributed by atoms with E-state index in [2.05, 4.69) is 41.3 Å². The van der Waals surface area contributed by atoms with E-state index in [1.807, 2.05) is 19.3 Å². The number of pyridine rings is 1. The van der Waals surface area contributed by atoms with Crippen LogP contribution in [0.3, 0.4) is 0 Å². The largest absolute Gasteiger partial charge is 0.356 e. The van der Waals surface area contributed by atoms with Crippen LogP contribution in [0, 0.1) is 0 Å². The van der Waals surface area contributed by atoms with Crippen molar-refractivity contribution < 1.29 is 0 Å². The first-order valence-electron chi connectivity index (χ1n) is 9.95. The van der Waals surface area contributed by atoms with Crippen molar-refractivity contribution in [2.75, 3.05) is 33.2 Å². The Labute approximate surface area is 181 Å². The summed E-state index contributed by atoms with van der Waals surface area (Å²) in [6.45, 7) is 11.6. The number of aliphatic imine (C=N–C) groups is 1. The van der Waals surface area contributed by atoms with Gasteiger partial charge in [-0.05, 0) is 58.3 Å². The average molecular weight is 491 g/mol. The highest BCUT2D eigenvalue weighted by atomic mass is 127. The lowest BCUT2D eigenvalue weighted by molar-refractivity contribution is 0.292.